The number of carbonyl (C=O) groups excluding carboxylic acids is 1. The lowest BCUT2D eigenvalue weighted by atomic mass is 10.2. The molecule has 0 aromatic carbocycles. The van der Waals surface area contributed by atoms with Crippen LogP contribution in [0.1, 0.15) is 17.3 Å². The highest BCUT2D eigenvalue weighted by Crippen LogP contribution is 2.21. The number of pyridine rings is 1. The number of H-pyrrole nitrogens is 1. The van der Waals surface area contributed by atoms with E-state index >= 15 is 0 Å². The van der Waals surface area contributed by atoms with Crippen LogP contribution < -0.4 is 10.9 Å². The predicted molar refractivity (Wildman–Crippen MR) is 85.9 cm³/mol. The molecule has 0 saturated carbocycles. The second kappa shape index (κ2) is 7.19. The first-order valence-electron chi connectivity index (χ1n) is 6.85. The zero-order chi connectivity index (χ0) is 15.2. The Kier molecular flexibility index (Phi) is 5.30. The Morgan fingerprint density at radius 2 is 2.19 bits per heavy atom. The average Bonchev–Trinajstić information content (AvgIpc) is 3.00. The molecule has 21 heavy (non-hydrogen) atoms. The summed E-state index contributed by atoms with van der Waals surface area (Å²) in [5, 5.41) is 4.70. The maximum Gasteiger partial charge on any atom is 0.261 e. The molecule has 0 saturated heterocycles. The SMILES string of the molecule is CCN(C)CCNC(=O)c1ccc(-c2cccs2)[nH]c1=O. The number of aromatic nitrogens is 1. The van der Waals surface area contributed by atoms with Gasteiger partial charge in [-0.15, -0.1) is 11.3 Å². The van der Waals surface area contributed by atoms with Crippen LogP contribution in [0, 0.1) is 0 Å². The van der Waals surface area contributed by atoms with Crippen molar-refractivity contribution < 1.29 is 4.79 Å². The van der Waals surface area contributed by atoms with Crippen molar-refractivity contribution in [3.05, 3.63) is 45.6 Å². The van der Waals surface area contributed by atoms with Gasteiger partial charge in [-0.1, -0.05) is 13.0 Å². The molecule has 2 heterocycles. The van der Waals surface area contributed by atoms with Crippen LogP contribution in [0.2, 0.25) is 0 Å². The molecular weight excluding hydrogens is 286 g/mol. The molecular formula is C15H19N3O2S. The Morgan fingerprint density at radius 3 is 2.81 bits per heavy atom. The number of rotatable bonds is 6. The first kappa shape index (κ1) is 15.5. The van der Waals surface area contributed by atoms with Gasteiger partial charge in [-0.2, -0.15) is 0 Å². The molecule has 112 valence electrons. The van der Waals surface area contributed by atoms with Gasteiger partial charge in [0, 0.05) is 13.1 Å². The third kappa shape index (κ3) is 4.03. The van der Waals surface area contributed by atoms with Crippen molar-refractivity contribution in [3.63, 3.8) is 0 Å². The molecule has 2 aromatic rings. The van der Waals surface area contributed by atoms with E-state index in [4.69, 9.17) is 0 Å². The van der Waals surface area contributed by atoms with Crippen molar-refractivity contribution in [2.24, 2.45) is 0 Å². The van der Waals surface area contributed by atoms with Crippen LogP contribution in [0.3, 0.4) is 0 Å². The molecule has 0 unspecified atom stereocenters. The average molecular weight is 305 g/mol. The van der Waals surface area contributed by atoms with E-state index in [2.05, 4.69) is 22.1 Å². The summed E-state index contributed by atoms with van der Waals surface area (Å²) < 4.78 is 0. The second-order valence-corrected chi connectivity index (χ2v) is 5.69. The molecule has 6 heteroatoms. The second-order valence-electron chi connectivity index (χ2n) is 4.74. The summed E-state index contributed by atoms with van der Waals surface area (Å²) in [6.07, 6.45) is 0. The van der Waals surface area contributed by atoms with E-state index in [0.717, 1.165) is 23.7 Å². The monoisotopic (exact) mass is 305 g/mol. The lowest BCUT2D eigenvalue weighted by Gasteiger charge is -2.13. The minimum atomic E-state index is -0.359. The number of nitrogens with one attached hydrogen (secondary N) is 2. The molecule has 2 aromatic heterocycles. The lowest BCUT2D eigenvalue weighted by molar-refractivity contribution is 0.0948. The summed E-state index contributed by atoms with van der Waals surface area (Å²) in [5.41, 5.74) is 0.522. The fourth-order valence-electron chi connectivity index (χ4n) is 1.84. The summed E-state index contributed by atoms with van der Waals surface area (Å²) in [4.78, 5) is 29.8. The van der Waals surface area contributed by atoms with Gasteiger partial charge < -0.3 is 15.2 Å². The minimum absolute atomic E-state index is 0.148. The van der Waals surface area contributed by atoms with Crippen LogP contribution in [0.15, 0.2) is 34.4 Å². The largest absolute Gasteiger partial charge is 0.351 e. The number of nitrogens with zero attached hydrogens (tertiary/aromatic N) is 1. The highest BCUT2D eigenvalue weighted by atomic mass is 32.1. The Morgan fingerprint density at radius 1 is 1.38 bits per heavy atom. The molecule has 0 spiro atoms. The van der Waals surface area contributed by atoms with Gasteiger partial charge in [0.1, 0.15) is 5.56 Å². The number of aromatic amines is 1. The Bertz CT molecular complexity index is 649. The van der Waals surface area contributed by atoms with Gasteiger partial charge in [-0.05, 0) is 37.2 Å². The zero-order valence-corrected chi connectivity index (χ0v) is 13.0. The minimum Gasteiger partial charge on any atom is -0.351 e. The quantitative estimate of drug-likeness (QED) is 0.855. The van der Waals surface area contributed by atoms with Crippen molar-refractivity contribution in [2.75, 3.05) is 26.7 Å². The molecule has 1 amide bonds. The van der Waals surface area contributed by atoms with Crippen LogP contribution in [-0.4, -0.2) is 42.5 Å². The summed E-state index contributed by atoms with van der Waals surface area (Å²) in [6.45, 7) is 4.25. The molecule has 0 aliphatic heterocycles. The van der Waals surface area contributed by atoms with E-state index in [-0.39, 0.29) is 17.0 Å². The lowest BCUT2D eigenvalue weighted by Crippen LogP contribution is -2.35. The van der Waals surface area contributed by atoms with Crippen LogP contribution in [0.4, 0.5) is 0 Å². The standard InChI is InChI=1S/C15H19N3O2S/c1-3-18(2)9-8-16-14(19)11-6-7-12(17-15(11)20)13-5-4-10-21-13/h4-7,10H,3,8-9H2,1-2H3,(H,16,19)(H,17,20). The number of carbonyl (C=O) groups is 1. The van der Waals surface area contributed by atoms with Gasteiger partial charge in [-0.3, -0.25) is 9.59 Å². The van der Waals surface area contributed by atoms with Gasteiger partial charge >= 0.3 is 0 Å². The fourth-order valence-corrected chi connectivity index (χ4v) is 2.55. The molecule has 0 aliphatic carbocycles. The van der Waals surface area contributed by atoms with Crippen molar-refractivity contribution in [1.29, 1.82) is 0 Å². The maximum absolute atomic E-state index is 12.0. The Balaban J connectivity index is 2.04. The topological polar surface area (TPSA) is 65.2 Å². The highest BCUT2D eigenvalue weighted by molar-refractivity contribution is 7.13. The van der Waals surface area contributed by atoms with Crippen molar-refractivity contribution in [1.82, 2.24) is 15.2 Å². The first-order chi connectivity index (χ1) is 10.1. The zero-order valence-electron chi connectivity index (χ0n) is 12.2. The van der Waals surface area contributed by atoms with Crippen LogP contribution in [0.25, 0.3) is 10.6 Å². The van der Waals surface area contributed by atoms with Crippen LogP contribution >= 0.6 is 11.3 Å². The normalized spacial score (nSPS) is 10.8. The summed E-state index contributed by atoms with van der Waals surface area (Å²) in [7, 11) is 1.98. The molecule has 2 rings (SSSR count). The van der Waals surface area contributed by atoms with E-state index < -0.39 is 0 Å². The van der Waals surface area contributed by atoms with Gasteiger partial charge in [-0.25, -0.2) is 0 Å². The van der Waals surface area contributed by atoms with Crippen LogP contribution in [0.5, 0.6) is 0 Å². The molecule has 5 nitrogen and oxygen atoms in total. The Hall–Kier alpha value is -1.92. The molecule has 0 bridgehead atoms. The Labute approximate surface area is 127 Å². The molecule has 2 N–H and O–H groups in total. The maximum atomic E-state index is 12.0. The van der Waals surface area contributed by atoms with Crippen molar-refractivity contribution >= 4 is 17.2 Å². The summed E-state index contributed by atoms with van der Waals surface area (Å²) in [6, 6.07) is 7.19. The number of hydrogen-bond acceptors (Lipinski definition) is 4. The van der Waals surface area contributed by atoms with Gasteiger partial charge in [0.15, 0.2) is 0 Å². The van der Waals surface area contributed by atoms with Crippen molar-refractivity contribution in [2.45, 2.75) is 6.92 Å². The summed E-state index contributed by atoms with van der Waals surface area (Å²) in [5.74, 6) is -0.335. The van der Waals surface area contributed by atoms with Crippen molar-refractivity contribution in [3.8, 4) is 10.6 Å². The summed E-state index contributed by atoms with van der Waals surface area (Å²) >= 11 is 1.54. The van der Waals surface area contributed by atoms with E-state index in [1.165, 1.54) is 0 Å². The molecule has 0 atom stereocenters. The third-order valence-electron chi connectivity index (χ3n) is 3.26. The highest BCUT2D eigenvalue weighted by Gasteiger charge is 2.11. The predicted octanol–water partition coefficient (Wildman–Crippen LogP) is 1.78. The number of likely N-dealkylation sites (N-methyl/N-ethyl adjacent to an activating group) is 1. The van der Waals surface area contributed by atoms with Crippen LogP contribution in [-0.2, 0) is 0 Å². The number of amides is 1. The van der Waals surface area contributed by atoms with Gasteiger partial charge in [0.2, 0.25) is 0 Å². The van der Waals surface area contributed by atoms with E-state index in [0.29, 0.717) is 6.54 Å². The van der Waals surface area contributed by atoms with Gasteiger partial charge in [0.25, 0.3) is 11.5 Å². The molecule has 0 fully saturated rings. The molecule has 0 radical (unpaired) electrons. The number of hydrogen-bond donors (Lipinski definition) is 2. The van der Waals surface area contributed by atoms with Gasteiger partial charge in [0.05, 0.1) is 10.6 Å². The third-order valence-corrected chi connectivity index (χ3v) is 4.16. The molecule has 0 aliphatic rings. The van der Waals surface area contributed by atoms with E-state index in [9.17, 15) is 9.59 Å². The van der Waals surface area contributed by atoms with E-state index in [1.807, 2.05) is 24.6 Å². The number of thiophene rings is 1. The fraction of sp³-hybridized carbons (Fsp3) is 0.333. The smallest absolute Gasteiger partial charge is 0.261 e. The van der Waals surface area contributed by atoms with E-state index in [1.54, 1.807) is 23.5 Å². The first-order valence-corrected chi connectivity index (χ1v) is 7.73.